The molecule has 2 aliphatic rings. The number of amides is 2. The highest BCUT2D eigenvalue weighted by Crippen LogP contribution is 2.37. The topological polar surface area (TPSA) is 40.6 Å². The Hall–Kier alpha value is -0.900. The van der Waals surface area contributed by atoms with Gasteiger partial charge in [0, 0.05) is 13.1 Å². The molecule has 0 aromatic carbocycles. The van der Waals surface area contributed by atoms with Gasteiger partial charge in [0.05, 0.1) is 11.8 Å². The molecule has 0 radical (unpaired) electrons. The summed E-state index contributed by atoms with van der Waals surface area (Å²) in [6.45, 7) is 1.31. The van der Waals surface area contributed by atoms with E-state index < -0.39 is 0 Å². The lowest BCUT2D eigenvalue weighted by molar-refractivity contribution is -0.140. The molecule has 16 heavy (non-hydrogen) atoms. The zero-order valence-corrected chi connectivity index (χ0v) is 10.1. The molecule has 1 aliphatic heterocycles. The van der Waals surface area contributed by atoms with Crippen molar-refractivity contribution >= 4 is 11.8 Å². The van der Waals surface area contributed by atoms with E-state index in [1.54, 1.807) is 0 Å². The van der Waals surface area contributed by atoms with Gasteiger partial charge in [-0.15, -0.1) is 0 Å². The predicted molar refractivity (Wildman–Crippen MR) is 60.7 cm³/mol. The molecule has 2 amide bonds. The monoisotopic (exact) mass is 224 g/mol. The average Bonchev–Trinajstić information content (AvgIpc) is 2.50. The van der Waals surface area contributed by atoms with Gasteiger partial charge >= 0.3 is 0 Å². The van der Waals surface area contributed by atoms with Crippen LogP contribution in [-0.4, -0.2) is 48.8 Å². The summed E-state index contributed by atoms with van der Waals surface area (Å²) in [5.74, 6) is 0.167. The van der Waals surface area contributed by atoms with E-state index in [1.165, 1.54) is 4.90 Å². The van der Waals surface area contributed by atoms with Gasteiger partial charge in [-0.25, -0.2) is 0 Å². The molecule has 1 saturated carbocycles. The highest BCUT2D eigenvalue weighted by atomic mass is 16.2. The Bertz CT molecular complexity index is 277. The smallest absolute Gasteiger partial charge is 0.233 e. The molecule has 2 rings (SSSR count). The lowest BCUT2D eigenvalue weighted by atomic mass is 9.81. The van der Waals surface area contributed by atoms with E-state index in [9.17, 15) is 9.59 Å². The number of rotatable bonds is 3. The molecule has 0 aromatic heterocycles. The molecule has 0 unspecified atom stereocenters. The number of nitrogens with zero attached hydrogens (tertiary/aromatic N) is 2. The van der Waals surface area contributed by atoms with Crippen molar-refractivity contribution in [1.29, 1.82) is 0 Å². The molecule has 0 N–H and O–H groups in total. The minimum atomic E-state index is 0.00316. The molecule has 2 fully saturated rings. The number of imide groups is 1. The van der Waals surface area contributed by atoms with E-state index in [0.29, 0.717) is 6.54 Å². The van der Waals surface area contributed by atoms with Crippen LogP contribution >= 0.6 is 0 Å². The van der Waals surface area contributed by atoms with E-state index in [1.807, 2.05) is 19.0 Å². The summed E-state index contributed by atoms with van der Waals surface area (Å²) in [7, 11) is 3.91. The van der Waals surface area contributed by atoms with Crippen LogP contribution in [0.1, 0.15) is 25.7 Å². The maximum atomic E-state index is 12.0. The first-order valence-corrected chi connectivity index (χ1v) is 6.11. The summed E-state index contributed by atoms with van der Waals surface area (Å²) in [6, 6.07) is 0. The number of carbonyl (C=O) groups is 2. The molecule has 0 bridgehead atoms. The second-order valence-corrected chi connectivity index (χ2v) is 5.13. The summed E-state index contributed by atoms with van der Waals surface area (Å²) >= 11 is 0. The quantitative estimate of drug-likeness (QED) is 0.663. The molecule has 4 heteroatoms. The fourth-order valence-electron chi connectivity index (χ4n) is 2.75. The Morgan fingerprint density at radius 2 is 1.62 bits per heavy atom. The molecule has 0 aromatic rings. The molecule has 0 spiro atoms. The molecule has 2 atom stereocenters. The van der Waals surface area contributed by atoms with Gasteiger partial charge in [-0.3, -0.25) is 14.5 Å². The summed E-state index contributed by atoms with van der Waals surface area (Å²) in [4.78, 5) is 27.6. The van der Waals surface area contributed by atoms with Crippen molar-refractivity contribution in [3.63, 3.8) is 0 Å². The highest BCUT2D eigenvalue weighted by Gasteiger charge is 2.47. The van der Waals surface area contributed by atoms with Crippen LogP contribution < -0.4 is 0 Å². The van der Waals surface area contributed by atoms with Crippen molar-refractivity contribution in [2.75, 3.05) is 27.2 Å². The Morgan fingerprint density at radius 3 is 2.06 bits per heavy atom. The van der Waals surface area contributed by atoms with Gasteiger partial charge in [0.2, 0.25) is 11.8 Å². The fraction of sp³-hybridized carbons (Fsp3) is 0.833. The molecule has 4 nitrogen and oxygen atoms in total. The van der Waals surface area contributed by atoms with Gasteiger partial charge in [-0.2, -0.15) is 0 Å². The zero-order chi connectivity index (χ0) is 11.7. The second kappa shape index (κ2) is 4.53. The van der Waals surface area contributed by atoms with Gasteiger partial charge in [0.25, 0.3) is 0 Å². The summed E-state index contributed by atoms with van der Waals surface area (Å²) in [5, 5.41) is 0. The van der Waals surface area contributed by atoms with Gasteiger partial charge in [-0.1, -0.05) is 12.8 Å². The number of likely N-dealkylation sites (N-methyl/N-ethyl adjacent to an activating group) is 1. The third-order valence-corrected chi connectivity index (χ3v) is 3.70. The number of carbonyl (C=O) groups excluding carboxylic acids is 2. The van der Waals surface area contributed by atoms with E-state index in [0.717, 1.165) is 32.2 Å². The molecular weight excluding hydrogens is 204 g/mol. The average molecular weight is 224 g/mol. The van der Waals surface area contributed by atoms with Crippen LogP contribution in [0.15, 0.2) is 0 Å². The predicted octanol–water partition coefficient (Wildman–Crippen LogP) is 0.723. The van der Waals surface area contributed by atoms with Crippen LogP contribution in [0.4, 0.5) is 0 Å². The Morgan fingerprint density at radius 1 is 1.12 bits per heavy atom. The third-order valence-electron chi connectivity index (χ3n) is 3.70. The van der Waals surface area contributed by atoms with Crippen LogP contribution in [0.5, 0.6) is 0 Å². The Labute approximate surface area is 96.6 Å². The maximum Gasteiger partial charge on any atom is 0.233 e. The van der Waals surface area contributed by atoms with Crippen LogP contribution in [0.3, 0.4) is 0 Å². The standard InChI is InChI=1S/C12H20N2O2/c1-13(2)7-8-14-11(15)9-5-3-4-6-10(9)12(14)16/h9-10H,3-8H2,1-2H3/t9-,10-/m0/s1. The lowest BCUT2D eigenvalue weighted by Crippen LogP contribution is -2.36. The van der Waals surface area contributed by atoms with Gasteiger partial charge in [0.1, 0.15) is 0 Å². The first kappa shape index (κ1) is 11.6. The highest BCUT2D eigenvalue weighted by molar-refractivity contribution is 6.05. The van der Waals surface area contributed by atoms with E-state index >= 15 is 0 Å². The first-order valence-electron chi connectivity index (χ1n) is 6.11. The number of likely N-dealkylation sites (tertiary alicyclic amines) is 1. The van der Waals surface area contributed by atoms with Crippen molar-refractivity contribution in [3.8, 4) is 0 Å². The summed E-state index contributed by atoms with van der Waals surface area (Å²) in [6.07, 6.45) is 4.02. The van der Waals surface area contributed by atoms with Crippen LogP contribution in [0.25, 0.3) is 0 Å². The van der Waals surface area contributed by atoms with E-state index in [4.69, 9.17) is 0 Å². The van der Waals surface area contributed by atoms with Gasteiger partial charge < -0.3 is 4.90 Å². The van der Waals surface area contributed by atoms with Gasteiger partial charge in [0.15, 0.2) is 0 Å². The van der Waals surface area contributed by atoms with Crippen molar-refractivity contribution in [1.82, 2.24) is 9.80 Å². The van der Waals surface area contributed by atoms with Crippen LogP contribution in [0, 0.1) is 11.8 Å². The molecule has 1 saturated heterocycles. The van der Waals surface area contributed by atoms with E-state index in [-0.39, 0.29) is 23.7 Å². The third kappa shape index (κ3) is 1.98. The number of hydrogen-bond acceptors (Lipinski definition) is 3. The summed E-state index contributed by atoms with van der Waals surface area (Å²) < 4.78 is 0. The van der Waals surface area contributed by atoms with Crippen LogP contribution in [-0.2, 0) is 9.59 Å². The number of fused-ring (bicyclic) bond motifs is 1. The largest absolute Gasteiger partial charge is 0.308 e. The number of hydrogen-bond donors (Lipinski definition) is 0. The van der Waals surface area contributed by atoms with Gasteiger partial charge in [-0.05, 0) is 26.9 Å². The molecule has 1 aliphatic carbocycles. The van der Waals surface area contributed by atoms with Crippen molar-refractivity contribution in [2.24, 2.45) is 11.8 Å². The van der Waals surface area contributed by atoms with Crippen molar-refractivity contribution < 1.29 is 9.59 Å². The fourth-order valence-corrected chi connectivity index (χ4v) is 2.75. The maximum absolute atomic E-state index is 12.0. The SMILES string of the molecule is CN(C)CCN1C(=O)[C@H]2CCCC[C@@H]2C1=O. The second-order valence-electron chi connectivity index (χ2n) is 5.13. The first-order chi connectivity index (χ1) is 7.61. The molecule has 1 heterocycles. The van der Waals surface area contributed by atoms with Crippen molar-refractivity contribution in [2.45, 2.75) is 25.7 Å². The minimum Gasteiger partial charge on any atom is -0.308 e. The Balaban J connectivity index is 2.03. The lowest BCUT2D eigenvalue weighted by Gasteiger charge is -2.19. The van der Waals surface area contributed by atoms with Crippen molar-refractivity contribution in [3.05, 3.63) is 0 Å². The molecular formula is C12H20N2O2. The Kier molecular flexibility index (Phi) is 3.28. The van der Waals surface area contributed by atoms with Crippen LogP contribution in [0.2, 0.25) is 0 Å². The van der Waals surface area contributed by atoms with E-state index in [2.05, 4.69) is 0 Å². The normalized spacial score (nSPS) is 30.1. The summed E-state index contributed by atoms with van der Waals surface area (Å²) in [5.41, 5.74) is 0. The zero-order valence-electron chi connectivity index (χ0n) is 10.1. The minimum absolute atomic E-state index is 0.00316. The molecule has 90 valence electrons.